The molecule has 0 aliphatic carbocycles. The Balaban J connectivity index is 0.00000600. The van der Waals surface area contributed by atoms with Crippen LogP contribution in [0.3, 0.4) is 0 Å². The second-order valence-corrected chi connectivity index (χ2v) is 12.0. The Hall–Kier alpha value is -4.60. The molecule has 0 saturated heterocycles. The van der Waals surface area contributed by atoms with Crippen LogP contribution >= 0.6 is 0 Å². The predicted octanol–water partition coefficient (Wildman–Crippen LogP) is 0.891. The summed E-state index contributed by atoms with van der Waals surface area (Å²) in [6.07, 6.45) is 0.216. The molecule has 4 rings (SSSR count). The van der Waals surface area contributed by atoms with Crippen molar-refractivity contribution < 1.29 is 53.1 Å². The van der Waals surface area contributed by atoms with Gasteiger partial charge in [0.1, 0.15) is 23.0 Å². The third kappa shape index (κ3) is 8.41. The first kappa shape index (κ1) is 36.9. The van der Waals surface area contributed by atoms with Gasteiger partial charge in [0.15, 0.2) is 0 Å². The van der Waals surface area contributed by atoms with Gasteiger partial charge in [0.25, 0.3) is 23.4 Å². The first-order chi connectivity index (χ1) is 21.7. The Morgan fingerprint density at radius 3 is 1.40 bits per heavy atom. The van der Waals surface area contributed by atoms with Crippen molar-refractivity contribution in [3.05, 3.63) is 47.5 Å². The minimum Gasteiger partial charge on any atom is -0.497 e. The molecule has 2 aromatic rings. The summed E-state index contributed by atoms with van der Waals surface area (Å²) in [7, 11) is 13.4. The van der Waals surface area contributed by atoms with Gasteiger partial charge in [-0.1, -0.05) is 0 Å². The third-order valence-electron chi connectivity index (χ3n) is 7.68. The molecule has 2 aliphatic rings. The number of ether oxygens (including phenoxy) is 6. The molecule has 0 radical (unpaired) electrons. The minimum absolute atomic E-state index is 0. The van der Waals surface area contributed by atoms with Crippen molar-refractivity contribution in [1.29, 1.82) is 0 Å². The van der Waals surface area contributed by atoms with Crippen LogP contribution in [0.4, 0.5) is 0 Å². The van der Waals surface area contributed by atoms with Crippen LogP contribution in [0.25, 0.3) is 0 Å². The lowest BCUT2D eigenvalue weighted by Crippen LogP contribution is -2.54. The maximum Gasteiger partial charge on any atom is 0.420 e. The summed E-state index contributed by atoms with van der Waals surface area (Å²) in [4.78, 5) is 60.3. The van der Waals surface area contributed by atoms with Crippen LogP contribution in [-0.4, -0.2) is 143 Å². The van der Waals surface area contributed by atoms with Crippen molar-refractivity contribution in [2.75, 3.05) is 82.7 Å². The number of likely N-dealkylation sites (N-methyl/N-ethyl adjacent to an activating group) is 2. The lowest BCUT2D eigenvalue weighted by molar-refractivity contribution is -0.227. The van der Waals surface area contributed by atoms with Crippen LogP contribution in [0, 0.1) is 0 Å². The zero-order chi connectivity index (χ0) is 33.8. The van der Waals surface area contributed by atoms with Crippen LogP contribution in [0.2, 0.25) is 0 Å². The second kappa shape index (κ2) is 14.9. The van der Waals surface area contributed by atoms with Gasteiger partial charge in [-0.25, -0.2) is 9.59 Å². The van der Waals surface area contributed by atoms with E-state index < -0.39 is 23.5 Å². The molecule has 0 fully saturated rings. The SMILES string of the molecule is COc1ccc2c(c1)C(=O)N(C)CC(CCN(C)C)(OC(=O)C(=O)OC1(CCN(C)C)CN(C)C(=O)c3cc(OC)ccc3O1)O2.O. The van der Waals surface area contributed by atoms with Gasteiger partial charge in [-0.3, -0.25) is 9.59 Å². The smallest absolute Gasteiger partial charge is 0.420 e. The lowest BCUT2D eigenvalue weighted by atomic mass is 10.1. The quantitative estimate of drug-likeness (QED) is 0.261. The highest BCUT2D eigenvalue weighted by Crippen LogP contribution is 2.36. The number of carbonyl (C=O) groups excluding carboxylic acids is 4. The summed E-state index contributed by atoms with van der Waals surface area (Å²) in [5.41, 5.74) is 0.425. The monoisotopic (exact) mass is 660 g/mol. The van der Waals surface area contributed by atoms with E-state index in [1.165, 1.54) is 36.2 Å². The van der Waals surface area contributed by atoms with E-state index in [2.05, 4.69) is 0 Å². The largest absolute Gasteiger partial charge is 0.497 e. The van der Waals surface area contributed by atoms with Crippen LogP contribution in [0.1, 0.15) is 33.6 Å². The van der Waals surface area contributed by atoms with E-state index in [0.29, 0.717) is 24.6 Å². The Kier molecular flexibility index (Phi) is 11.7. The van der Waals surface area contributed by atoms with E-state index >= 15 is 0 Å². The number of hydrogen-bond donors (Lipinski definition) is 0. The van der Waals surface area contributed by atoms with Gasteiger partial charge in [-0.15, -0.1) is 0 Å². The number of benzene rings is 2. The third-order valence-corrected chi connectivity index (χ3v) is 7.68. The molecule has 0 spiro atoms. The molecule has 47 heavy (non-hydrogen) atoms. The highest BCUT2D eigenvalue weighted by atomic mass is 16.8. The zero-order valence-corrected chi connectivity index (χ0v) is 28.1. The summed E-state index contributed by atoms with van der Waals surface area (Å²) in [5.74, 6) is -5.73. The molecule has 2 unspecified atom stereocenters. The van der Waals surface area contributed by atoms with Crippen LogP contribution < -0.4 is 18.9 Å². The summed E-state index contributed by atoms with van der Waals surface area (Å²) in [6.45, 7) is 0.423. The fourth-order valence-electron chi connectivity index (χ4n) is 5.20. The standard InChI is InChI=1S/C32H42N4O10.H2O/c1-33(2)15-13-31(19-35(5)27(37)23-17-21(41-7)9-11-25(23)43-31)45-29(39)30(40)46-32(14-16-34(3)4)20-36(6)28(38)24-18-22(42-8)10-12-26(24)44-32;/h9-12,17-18H,13-16,19-20H2,1-8H3;1H2. The van der Waals surface area contributed by atoms with E-state index in [1.807, 2.05) is 38.0 Å². The number of methoxy groups -OCH3 is 2. The van der Waals surface area contributed by atoms with Crippen LogP contribution in [0.5, 0.6) is 23.0 Å². The second-order valence-electron chi connectivity index (χ2n) is 12.0. The number of fused-ring (bicyclic) bond motifs is 2. The number of carbonyl (C=O) groups is 4. The lowest BCUT2D eigenvalue weighted by Gasteiger charge is -2.36. The summed E-state index contributed by atoms with van der Waals surface area (Å²) >= 11 is 0. The van der Waals surface area contributed by atoms with Crippen LogP contribution in [-0.2, 0) is 19.1 Å². The highest BCUT2D eigenvalue weighted by molar-refractivity contribution is 6.30. The van der Waals surface area contributed by atoms with Gasteiger partial charge < -0.3 is 53.5 Å². The zero-order valence-electron chi connectivity index (χ0n) is 28.1. The number of nitrogens with zero attached hydrogens (tertiary/aromatic N) is 4. The fraction of sp³-hybridized carbons (Fsp3) is 0.500. The number of esters is 2. The first-order valence-corrected chi connectivity index (χ1v) is 14.7. The van der Waals surface area contributed by atoms with Gasteiger partial charge in [0, 0.05) is 40.0 Å². The normalized spacial score (nSPS) is 20.6. The molecule has 0 bridgehead atoms. The molecule has 2 aromatic carbocycles. The van der Waals surface area contributed by atoms with Gasteiger partial charge in [-0.05, 0) is 64.6 Å². The van der Waals surface area contributed by atoms with Crippen molar-refractivity contribution in [3.63, 3.8) is 0 Å². The Labute approximate surface area is 274 Å². The number of hydrogen-bond acceptors (Lipinski definition) is 12. The topological polar surface area (TPSA) is 168 Å². The first-order valence-electron chi connectivity index (χ1n) is 14.7. The Morgan fingerprint density at radius 1 is 0.723 bits per heavy atom. The average Bonchev–Trinajstić information content (AvgIpc) is 3.18. The van der Waals surface area contributed by atoms with Crippen molar-refractivity contribution >= 4 is 23.8 Å². The van der Waals surface area contributed by atoms with E-state index in [-0.39, 0.29) is 65.8 Å². The molecule has 15 nitrogen and oxygen atoms in total. The molecule has 2 heterocycles. The molecular weight excluding hydrogens is 616 g/mol. The molecule has 2 N–H and O–H groups in total. The molecule has 2 amide bonds. The molecule has 2 aliphatic heterocycles. The summed E-state index contributed by atoms with van der Waals surface area (Å²) in [5, 5.41) is 0. The average molecular weight is 661 g/mol. The molecule has 0 saturated carbocycles. The molecule has 15 heteroatoms. The van der Waals surface area contributed by atoms with E-state index in [0.717, 1.165) is 0 Å². The molecule has 258 valence electrons. The maximum atomic E-state index is 13.6. The fourth-order valence-corrected chi connectivity index (χ4v) is 5.20. The van der Waals surface area contributed by atoms with Gasteiger partial charge in [0.05, 0.1) is 38.4 Å². The van der Waals surface area contributed by atoms with Gasteiger partial charge >= 0.3 is 11.9 Å². The molecule has 2 atom stereocenters. The Morgan fingerprint density at radius 2 is 1.09 bits per heavy atom. The van der Waals surface area contributed by atoms with Crippen molar-refractivity contribution in [1.82, 2.24) is 19.6 Å². The van der Waals surface area contributed by atoms with Crippen molar-refractivity contribution in [3.8, 4) is 23.0 Å². The number of amides is 2. The van der Waals surface area contributed by atoms with E-state index in [9.17, 15) is 19.2 Å². The molecule has 0 aromatic heterocycles. The number of rotatable bonds is 10. The highest BCUT2D eigenvalue weighted by Gasteiger charge is 2.48. The molecular formula is C32H44N4O11. The van der Waals surface area contributed by atoms with Crippen molar-refractivity contribution in [2.45, 2.75) is 24.4 Å². The Bertz CT molecular complexity index is 1370. The summed E-state index contributed by atoms with van der Waals surface area (Å²) in [6, 6.07) is 9.42. The van der Waals surface area contributed by atoms with E-state index in [1.54, 1.807) is 38.4 Å². The van der Waals surface area contributed by atoms with Crippen molar-refractivity contribution in [2.24, 2.45) is 0 Å². The summed E-state index contributed by atoms with van der Waals surface area (Å²) < 4.78 is 34.8. The van der Waals surface area contributed by atoms with Gasteiger partial charge in [-0.2, -0.15) is 0 Å². The predicted molar refractivity (Wildman–Crippen MR) is 169 cm³/mol. The maximum absolute atomic E-state index is 13.6. The van der Waals surface area contributed by atoms with Gasteiger partial charge in [0.2, 0.25) is 0 Å². The minimum atomic E-state index is -1.75. The van der Waals surface area contributed by atoms with E-state index in [4.69, 9.17) is 28.4 Å². The van der Waals surface area contributed by atoms with Crippen LogP contribution in [0.15, 0.2) is 36.4 Å².